The van der Waals surface area contributed by atoms with Crippen LogP contribution in [0.3, 0.4) is 0 Å². The van der Waals surface area contributed by atoms with Crippen molar-refractivity contribution in [1.82, 2.24) is 9.97 Å². The highest BCUT2D eigenvalue weighted by molar-refractivity contribution is 7.89. The summed E-state index contributed by atoms with van der Waals surface area (Å²) in [4.78, 5) is 12.0. The summed E-state index contributed by atoms with van der Waals surface area (Å²) in [6.45, 7) is 2.55. The van der Waals surface area contributed by atoms with E-state index in [4.69, 9.17) is 5.14 Å². The Morgan fingerprint density at radius 3 is 2.35 bits per heavy atom. The number of piperazine rings is 1. The Morgan fingerprint density at radius 2 is 1.78 bits per heavy atom. The molecule has 1 saturated heterocycles. The number of sulfonamides is 1. The maximum Gasteiger partial charge on any atom is 0.238 e. The van der Waals surface area contributed by atoms with Crippen molar-refractivity contribution >= 4 is 21.5 Å². The van der Waals surface area contributed by atoms with Gasteiger partial charge in [-0.25, -0.2) is 22.9 Å². The third kappa shape index (κ3) is 3.40. The van der Waals surface area contributed by atoms with Crippen molar-refractivity contribution in [2.75, 3.05) is 36.0 Å². The molecular formula is C14H16FN5O2S. The second-order valence-corrected chi connectivity index (χ2v) is 6.76. The van der Waals surface area contributed by atoms with Crippen LogP contribution in [0.15, 0.2) is 41.7 Å². The minimum absolute atomic E-state index is 0.225. The van der Waals surface area contributed by atoms with Crippen molar-refractivity contribution in [3.8, 4) is 0 Å². The highest BCUT2D eigenvalue weighted by Crippen LogP contribution is 2.24. The number of aromatic nitrogens is 2. The molecule has 0 amide bonds. The van der Waals surface area contributed by atoms with Crippen LogP contribution in [-0.2, 0) is 10.0 Å². The smallest absolute Gasteiger partial charge is 0.238 e. The molecule has 2 heterocycles. The summed E-state index contributed by atoms with van der Waals surface area (Å²) >= 11 is 0. The number of nitrogens with two attached hydrogens (primary N) is 1. The molecule has 0 aliphatic carbocycles. The van der Waals surface area contributed by atoms with Gasteiger partial charge in [-0.15, -0.1) is 0 Å². The van der Waals surface area contributed by atoms with Crippen LogP contribution >= 0.6 is 0 Å². The molecule has 0 saturated carbocycles. The van der Waals surface area contributed by atoms with Gasteiger partial charge in [0.25, 0.3) is 0 Å². The second kappa shape index (κ2) is 6.09. The molecule has 122 valence electrons. The van der Waals surface area contributed by atoms with Gasteiger partial charge >= 0.3 is 0 Å². The number of anilines is 2. The van der Waals surface area contributed by atoms with Crippen molar-refractivity contribution in [1.29, 1.82) is 0 Å². The van der Waals surface area contributed by atoms with Crippen LogP contribution in [0, 0.1) is 5.82 Å². The fourth-order valence-corrected chi connectivity index (χ4v) is 3.08. The molecule has 1 aliphatic rings. The Kier molecular flexibility index (Phi) is 4.14. The van der Waals surface area contributed by atoms with E-state index in [1.165, 1.54) is 12.1 Å². The molecule has 1 aliphatic heterocycles. The summed E-state index contributed by atoms with van der Waals surface area (Å²) in [5.74, 6) is 0.196. The predicted octanol–water partition coefficient (Wildman–Crippen LogP) is 0.590. The first kappa shape index (κ1) is 15.6. The standard InChI is InChI=1S/C14H16FN5O2S/c15-12-9-11(23(16,21)22)1-2-13(12)19-5-7-20(8-6-19)14-10-17-3-4-18-14/h1-4,9-10H,5-8H2,(H2,16,21,22). The Labute approximate surface area is 133 Å². The zero-order valence-electron chi connectivity index (χ0n) is 12.3. The van der Waals surface area contributed by atoms with E-state index in [1.807, 2.05) is 4.90 Å². The summed E-state index contributed by atoms with van der Waals surface area (Å²) in [5, 5.41) is 5.01. The quantitative estimate of drug-likeness (QED) is 0.881. The van der Waals surface area contributed by atoms with Gasteiger partial charge in [0.2, 0.25) is 10.0 Å². The van der Waals surface area contributed by atoms with E-state index in [1.54, 1.807) is 18.6 Å². The van der Waals surface area contributed by atoms with Gasteiger partial charge in [0, 0.05) is 38.6 Å². The van der Waals surface area contributed by atoms with Gasteiger partial charge in [-0.2, -0.15) is 0 Å². The molecule has 7 nitrogen and oxygen atoms in total. The lowest BCUT2D eigenvalue weighted by atomic mass is 10.2. The Morgan fingerprint density at radius 1 is 1.09 bits per heavy atom. The number of hydrogen-bond donors (Lipinski definition) is 1. The lowest BCUT2D eigenvalue weighted by Crippen LogP contribution is -2.47. The number of primary sulfonamides is 1. The first-order chi connectivity index (χ1) is 10.9. The Hall–Kier alpha value is -2.26. The molecule has 0 atom stereocenters. The van der Waals surface area contributed by atoms with Gasteiger partial charge < -0.3 is 9.80 Å². The lowest BCUT2D eigenvalue weighted by molar-refractivity contribution is 0.584. The van der Waals surface area contributed by atoms with Crippen LogP contribution in [0.2, 0.25) is 0 Å². The molecule has 1 aromatic carbocycles. The van der Waals surface area contributed by atoms with Crippen molar-refractivity contribution in [3.63, 3.8) is 0 Å². The molecule has 0 radical (unpaired) electrons. The topological polar surface area (TPSA) is 92.4 Å². The fourth-order valence-electron chi connectivity index (χ4n) is 2.55. The van der Waals surface area contributed by atoms with Crippen LogP contribution in [0.25, 0.3) is 0 Å². The monoisotopic (exact) mass is 337 g/mol. The van der Waals surface area contributed by atoms with Crippen LogP contribution < -0.4 is 14.9 Å². The molecule has 0 bridgehead atoms. The number of halogens is 1. The maximum atomic E-state index is 14.2. The second-order valence-electron chi connectivity index (χ2n) is 5.20. The molecule has 2 N–H and O–H groups in total. The normalized spacial score (nSPS) is 15.7. The van der Waals surface area contributed by atoms with E-state index in [0.29, 0.717) is 31.9 Å². The molecule has 0 spiro atoms. The zero-order chi connectivity index (χ0) is 16.4. The van der Waals surface area contributed by atoms with Crippen molar-refractivity contribution in [2.24, 2.45) is 5.14 Å². The number of benzene rings is 1. The van der Waals surface area contributed by atoms with E-state index in [2.05, 4.69) is 14.9 Å². The molecule has 23 heavy (non-hydrogen) atoms. The summed E-state index contributed by atoms with van der Waals surface area (Å²) in [7, 11) is -3.90. The molecule has 2 aromatic rings. The van der Waals surface area contributed by atoms with E-state index in [9.17, 15) is 12.8 Å². The van der Waals surface area contributed by atoms with Gasteiger partial charge in [-0.1, -0.05) is 0 Å². The molecule has 1 aromatic heterocycles. The van der Waals surface area contributed by atoms with Crippen LogP contribution in [0.4, 0.5) is 15.9 Å². The van der Waals surface area contributed by atoms with Gasteiger partial charge in [0.1, 0.15) is 11.6 Å². The van der Waals surface area contributed by atoms with Gasteiger partial charge in [-0.3, -0.25) is 4.98 Å². The average Bonchev–Trinajstić information content (AvgIpc) is 2.55. The molecule has 0 unspecified atom stereocenters. The third-order valence-electron chi connectivity index (χ3n) is 3.74. The SMILES string of the molecule is NS(=O)(=O)c1ccc(N2CCN(c3cnccn3)CC2)c(F)c1. The summed E-state index contributed by atoms with van der Waals surface area (Å²) in [6, 6.07) is 3.73. The lowest BCUT2D eigenvalue weighted by Gasteiger charge is -2.36. The summed E-state index contributed by atoms with van der Waals surface area (Å²) in [6.07, 6.45) is 4.94. The van der Waals surface area contributed by atoms with Crippen LogP contribution in [-0.4, -0.2) is 44.6 Å². The minimum atomic E-state index is -3.90. The van der Waals surface area contributed by atoms with Crippen LogP contribution in [0.1, 0.15) is 0 Å². The number of hydrogen-bond acceptors (Lipinski definition) is 6. The zero-order valence-corrected chi connectivity index (χ0v) is 13.1. The maximum absolute atomic E-state index is 14.2. The first-order valence-corrected chi connectivity index (χ1v) is 8.58. The highest BCUT2D eigenvalue weighted by atomic mass is 32.2. The Balaban J connectivity index is 1.73. The first-order valence-electron chi connectivity index (χ1n) is 7.03. The number of nitrogens with zero attached hydrogens (tertiary/aromatic N) is 4. The van der Waals surface area contributed by atoms with E-state index in [-0.39, 0.29) is 4.90 Å². The average molecular weight is 337 g/mol. The van der Waals surface area contributed by atoms with E-state index < -0.39 is 15.8 Å². The van der Waals surface area contributed by atoms with Crippen molar-refractivity contribution < 1.29 is 12.8 Å². The minimum Gasteiger partial charge on any atom is -0.366 e. The van der Waals surface area contributed by atoms with E-state index in [0.717, 1.165) is 11.9 Å². The van der Waals surface area contributed by atoms with Crippen molar-refractivity contribution in [2.45, 2.75) is 4.90 Å². The van der Waals surface area contributed by atoms with E-state index >= 15 is 0 Å². The van der Waals surface area contributed by atoms with Crippen molar-refractivity contribution in [3.05, 3.63) is 42.6 Å². The van der Waals surface area contributed by atoms with Gasteiger partial charge in [0.15, 0.2) is 0 Å². The molecule has 3 rings (SSSR count). The fraction of sp³-hybridized carbons (Fsp3) is 0.286. The predicted molar refractivity (Wildman–Crippen MR) is 84.2 cm³/mol. The summed E-state index contributed by atoms with van der Waals surface area (Å²) < 4.78 is 36.7. The molecule has 1 fully saturated rings. The Bertz CT molecular complexity index is 792. The molecular weight excluding hydrogens is 321 g/mol. The molecule has 9 heteroatoms. The largest absolute Gasteiger partial charge is 0.366 e. The van der Waals surface area contributed by atoms with Gasteiger partial charge in [-0.05, 0) is 18.2 Å². The number of rotatable bonds is 3. The third-order valence-corrected chi connectivity index (χ3v) is 4.65. The van der Waals surface area contributed by atoms with Gasteiger partial charge in [0.05, 0.1) is 16.8 Å². The highest BCUT2D eigenvalue weighted by Gasteiger charge is 2.21. The summed E-state index contributed by atoms with van der Waals surface area (Å²) in [5.41, 5.74) is 0.371. The van der Waals surface area contributed by atoms with Crippen LogP contribution in [0.5, 0.6) is 0 Å².